The summed E-state index contributed by atoms with van der Waals surface area (Å²) >= 11 is 0. The Morgan fingerprint density at radius 3 is 1.91 bits per heavy atom. The van der Waals surface area contributed by atoms with Crippen molar-refractivity contribution in [1.29, 1.82) is 0 Å². The lowest BCUT2D eigenvalue weighted by Crippen LogP contribution is -2.34. The van der Waals surface area contributed by atoms with E-state index in [1.165, 1.54) is 49.8 Å². The molecule has 0 spiro atoms. The van der Waals surface area contributed by atoms with Crippen molar-refractivity contribution in [3.63, 3.8) is 0 Å². The fourth-order valence-electron chi connectivity index (χ4n) is 2.91. The van der Waals surface area contributed by atoms with Crippen LogP contribution in [0.5, 0.6) is 5.75 Å². The number of carbonyl (C=O) groups excluding carboxylic acids is 1. The predicted molar refractivity (Wildman–Crippen MR) is 133 cm³/mol. The minimum Gasteiger partial charge on any atom is -0.726 e. The number of quaternary nitrogens is 1. The van der Waals surface area contributed by atoms with Gasteiger partial charge in [-0.25, -0.2) is 13.2 Å². The predicted octanol–water partition coefficient (Wildman–Crippen LogP) is 5.33. The van der Waals surface area contributed by atoms with Gasteiger partial charge in [0.1, 0.15) is 11.4 Å². The van der Waals surface area contributed by atoms with Crippen LogP contribution in [0.2, 0.25) is 0 Å². The van der Waals surface area contributed by atoms with Gasteiger partial charge in [-0.1, -0.05) is 70.8 Å². The van der Waals surface area contributed by atoms with E-state index in [0.717, 1.165) is 18.5 Å². The maximum atomic E-state index is 11.4. The maximum absolute atomic E-state index is 11.4. The summed E-state index contributed by atoms with van der Waals surface area (Å²) in [5, 5.41) is 0. The molecular formula is C24H44N2O6S. The van der Waals surface area contributed by atoms with Gasteiger partial charge >= 0.3 is 6.09 Å². The van der Waals surface area contributed by atoms with Gasteiger partial charge in [-0.05, 0) is 18.6 Å². The largest absolute Gasteiger partial charge is 0.726 e. The first-order chi connectivity index (χ1) is 15.4. The zero-order valence-corrected chi connectivity index (χ0v) is 22.2. The van der Waals surface area contributed by atoms with Crippen LogP contribution in [0, 0.1) is 0 Å². The molecule has 8 nitrogen and oxygen atoms in total. The summed E-state index contributed by atoms with van der Waals surface area (Å²) in [6, 6.07) is 7.55. The molecule has 0 heterocycles. The maximum Gasteiger partial charge on any atom is 0.414 e. The van der Waals surface area contributed by atoms with Crippen molar-refractivity contribution < 1.29 is 26.7 Å². The molecule has 0 fully saturated rings. The standard InChI is InChI=1S/C12H19N2O2.C12H26O4S/c1-13(2)12(15)16-11-8-6-7-10(9-11)14(3,4)5;1-2-3-4-5-6-7-8-9-10-11-12-16-17(13,14)15/h6-9H,1-5H3;2-12H2,1H3,(H,13,14,15)/q+1;/p-1. The minimum absolute atomic E-state index is 0.0301. The molecule has 0 radical (unpaired) electrons. The van der Waals surface area contributed by atoms with Crippen molar-refractivity contribution >= 4 is 22.2 Å². The Bertz CT molecular complexity index is 760. The Morgan fingerprint density at radius 1 is 0.939 bits per heavy atom. The van der Waals surface area contributed by atoms with Crippen LogP contribution in [0.3, 0.4) is 0 Å². The van der Waals surface area contributed by atoms with Gasteiger partial charge in [0.25, 0.3) is 0 Å². The Balaban J connectivity index is 0.000000621. The molecule has 0 saturated carbocycles. The van der Waals surface area contributed by atoms with E-state index >= 15 is 0 Å². The molecule has 0 aliphatic carbocycles. The number of amides is 1. The fraction of sp³-hybridized carbons (Fsp3) is 0.708. The Hall–Kier alpha value is -1.68. The molecular weight excluding hydrogens is 444 g/mol. The van der Waals surface area contributed by atoms with Crippen LogP contribution in [0.1, 0.15) is 71.1 Å². The first kappa shape index (κ1) is 31.3. The molecule has 192 valence electrons. The molecule has 0 saturated heterocycles. The van der Waals surface area contributed by atoms with Crippen LogP contribution >= 0.6 is 0 Å². The van der Waals surface area contributed by atoms with Crippen LogP contribution in [0.15, 0.2) is 24.3 Å². The van der Waals surface area contributed by atoms with Gasteiger partial charge in [0, 0.05) is 20.2 Å². The molecule has 33 heavy (non-hydrogen) atoms. The van der Waals surface area contributed by atoms with Crippen LogP contribution in [-0.2, 0) is 14.6 Å². The van der Waals surface area contributed by atoms with Crippen molar-refractivity contribution in [3.05, 3.63) is 24.3 Å². The lowest BCUT2D eigenvalue weighted by molar-refractivity contribution is 0.172. The van der Waals surface area contributed by atoms with Crippen molar-refractivity contribution in [2.75, 3.05) is 41.8 Å². The molecule has 1 rings (SSSR count). The van der Waals surface area contributed by atoms with Gasteiger partial charge in [-0.3, -0.25) is 8.67 Å². The first-order valence-electron chi connectivity index (χ1n) is 11.8. The van der Waals surface area contributed by atoms with Crippen molar-refractivity contribution in [3.8, 4) is 5.75 Å². The highest BCUT2D eigenvalue weighted by atomic mass is 32.3. The second-order valence-corrected chi connectivity index (χ2v) is 10.2. The molecule has 0 atom stereocenters. The lowest BCUT2D eigenvalue weighted by atomic mass is 10.1. The van der Waals surface area contributed by atoms with E-state index in [4.69, 9.17) is 4.74 Å². The molecule has 0 bridgehead atoms. The second-order valence-electron chi connectivity index (χ2n) is 9.18. The summed E-state index contributed by atoms with van der Waals surface area (Å²) in [4.78, 5) is 12.8. The highest BCUT2D eigenvalue weighted by molar-refractivity contribution is 7.80. The van der Waals surface area contributed by atoms with Crippen molar-refractivity contribution in [1.82, 2.24) is 9.38 Å². The van der Waals surface area contributed by atoms with Gasteiger partial charge < -0.3 is 14.2 Å². The van der Waals surface area contributed by atoms with Crippen molar-refractivity contribution in [2.24, 2.45) is 0 Å². The topological polar surface area (TPSA) is 96.0 Å². The fourth-order valence-corrected chi connectivity index (χ4v) is 3.23. The highest BCUT2D eigenvalue weighted by Gasteiger charge is 2.14. The molecule has 9 heteroatoms. The molecule has 1 amide bonds. The number of unbranched alkanes of at least 4 members (excludes halogenated alkanes) is 9. The van der Waals surface area contributed by atoms with Gasteiger partial charge in [0.2, 0.25) is 10.4 Å². The van der Waals surface area contributed by atoms with Crippen LogP contribution in [0.4, 0.5) is 10.5 Å². The number of ether oxygens (including phenoxy) is 1. The summed E-state index contributed by atoms with van der Waals surface area (Å²) in [5.74, 6) is 0.573. The zero-order chi connectivity index (χ0) is 25.3. The molecule has 0 N–H and O–H groups in total. The van der Waals surface area contributed by atoms with E-state index in [0.29, 0.717) is 16.7 Å². The average Bonchev–Trinajstić information content (AvgIpc) is 2.71. The minimum atomic E-state index is -4.48. The van der Waals surface area contributed by atoms with Crippen LogP contribution in [-0.4, -0.2) is 65.8 Å². The number of hydrogen-bond donors (Lipinski definition) is 0. The Kier molecular flexibility index (Phi) is 16.0. The number of rotatable bonds is 14. The molecule has 1 aromatic rings. The molecule has 0 aliphatic rings. The van der Waals surface area contributed by atoms with Crippen LogP contribution < -0.4 is 9.22 Å². The first-order valence-corrected chi connectivity index (χ1v) is 13.1. The molecule has 1 aromatic carbocycles. The third-order valence-electron chi connectivity index (χ3n) is 4.89. The average molecular weight is 489 g/mol. The zero-order valence-electron chi connectivity index (χ0n) is 21.3. The SMILES string of the molecule is CCCCCCCCCCCCOS(=O)(=O)[O-].CN(C)C(=O)Oc1cccc([N+](C)(C)C)c1. The highest BCUT2D eigenvalue weighted by Crippen LogP contribution is 2.23. The number of nitrogens with zero attached hydrogens (tertiary/aromatic N) is 2. The van der Waals surface area contributed by atoms with E-state index in [1.807, 2.05) is 18.2 Å². The number of hydrogen-bond acceptors (Lipinski definition) is 6. The monoisotopic (exact) mass is 488 g/mol. The van der Waals surface area contributed by atoms with E-state index < -0.39 is 10.4 Å². The van der Waals surface area contributed by atoms with Crippen molar-refractivity contribution in [2.45, 2.75) is 71.1 Å². The molecule has 0 aliphatic heterocycles. The second kappa shape index (κ2) is 16.9. The summed E-state index contributed by atoms with van der Waals surface area (Å²) in [6.45, 7) is 2.24. The smallest absolute Gasteiger partial charge is 0.414 e. The van der Waals surface area contributed by atoms with Gasteiger partial charge in [0.05, 0.1) is 27.7 Å². The van der Waals surface area contributed by atoms with E-state index in [9.17, 15) is 17.8 Å². The van der Waals surface area contributed by atoms with E-state index in [-0.39, 0.29) is 12.7 Å². The third-order valence-corrected chi connectivity index (χ3v) is 5.34. The number of benzene rings is 1. The summed E-state index contributed by atoms with van der Waals surface area (Å²) in [6.07, 6.45) is 11.3. The lowest BCUT2D eigenvalue weighted by Gasteiger charge is -2.23. The summed E-state index contributed by atoms with van der Waals surface area (Å²) < 4.78 is 40.3. The quantitative estimate of drug-likeness (QED) is 0.152. The van der Waals surface area contributed by atoms with Gasteiger partial charge in [0.15, 0.2) is 0 Å². The normalized spacial score (nSPS) is 11.5. The van der Waals surface area contributed by atoms with E-state index in [1.54, 1.807) is 20.2 Å². The molecule has 0 aromatic heterocycles. The summed E-state index contributed by atoms with van der Waals surface area (Å²) in [5.41, 5.74) is 1.09. The number of carbonyl (C=O) groups is 1. The molecule has 0 unspecified atom stereocenters. The summed E-state index contributed by atoms with van der Waals surface area (Å²) in [7, 11) is 5.02. The van der Waals surface area contributed by atoms with E-state index in [2.05, 4.69) is 32.2 Å². The Labute approximate surface area is 201 Å². The Morgan fingerprint density at radius 2 is 1.45 bits per heavy atom. The van der Waals surface area contributed by atoms with Gasteiger partial charge in [-0.2, -0.15) is 0 Å². The van der Waals surface area contributed by atoms with Gasteiger partial charge in [-0.15, -0.1) is 0 Å². The van der Waals surface area contributed by atoms with Crippen LogP contribution in [0.25, 0.3) is 0 Å². The third kappa shape index (κ3) is 18.4.